The van der Waals surface area contributed by atoms with Gasteiger partial charge in [-0.25, -0.2) is 4.79 Å². The molecule has 1 aromatic rings. The number of hydrogen-bond acceptors (Lipinski definition) is 3. The molecule has 3 nitrogen and oxygen atoms in total. The number of carbonyl (C=O) groups is 1. The minimum absolute atomic E-state index is 0.205. The predicted octanol–water partition coefficient (Wildman–Crippen LogP) is 2.33. The van der Waals surface area contributed by atoms with Crippen LogP contribution in [0.25, 0.3) is 5.57 Å². The van der Waals surface area contributed by atoms with Gasteiger partial charge in [0.25, 0.3) is 0 Å². The van der Waals surface area contributed by atoms with Gasteiger partial charge in [-0.1, -0.05) is 24.3 Å². The highest BCUT2D eigenvalue weighted by molar-refractivity contribution is 6.20. The third-order valence-electron chi connectivity index (χ3n) is 3.08. The second-order valence-corrected chi connectivity index (χ2v) is 4.10. The fourth-order valence-corrected chi connectivity index (χ4v) is 2.30. The number of benzene rings is 1. The first-order valence-electron chi connectivity index (χ1n) is 5.58. The molecular weight excluding hydrogens is 216 g/mol. The van der Waals surface area contributed by atoms with Crippen LogP contribution in [0, 0.1) is 0 Å². The second-order valence-electron chi connectivity index (χ2n) is 4.10. The van der Waals surface area contributed by atoms with E-state index in [4.69, 9.17) is 9.47 Å². The van der Waals surface area contributed by atoms with Crippen LogP contribution in [0.15, 0.2) is 42.5 Å². The molecule has 2 aliphatic heterocycles. The molecule has 0 aromatic heterocycles. The largest absolute Gasteiger partial charge is 0.488 e. The molecule has 0 spiro atoms. The number of fused-ring (bicyclic) bond motifs is 2. The van der Waals surface area contributed by atoms with Gasteiger partial charge in [0, 0.05) is 17.6 Å². The molecule has 3 rings (SSSR count). The van der Waals surface area contributed by atoms with Gasteiger partial charge in [-0.2, -0.15) is 0 Å². The van der Waals surface area contributed by atoms with E-state index in [9.17, 15) is 4.79 Å². The maximum Gasteiger partial charge on any atom is 0.339 e. The predicted molar refractivity (Wildman–Crippen MR) is 63.6 cm³/mol. The van der Waals surface area contributed by atoms with Gasteiger partial charge in [0.2, 0.25) is 0 Å². The maximum atomic E-state index is 11.9. The van der Waals surface area contributed by atoms with Gasteiger partial charge < -0.3 is 9.47 Å². The van der Waals surface area contributed by atoms with Crippen molar-refractivity contribution in [3.63, 3.8) is 0 Å². The van der Waals surface area contributed by atoms with Crippen LogP contribution in [0.3, 0.4) is 0 Å². The lowest BCUT2D eigenvalue weighted by atomic mass is 9.95. The number of carbonyl (C=O) groups excluding carboxylic acids is 1. The van der Waals surface area contributed by atoms with Crippen LogP contribution in [0.1, 0.15) is 12.0 Å². The van der Waals surface area contributed by atoms with Gasteiger partial charge in [0.1, 0.15) is 18.5 Å². The van der Waals surface area contributed by atoms with E-state index in [1.807, 2.05) is 24.3 Å². The molecule has 0 bridgehead atoms. The Morgan fingerprint density at radius 1 is 1.41 bits per heavy atom. The van der Waals surface area contributed by atoms with Crippen molar-refractivity contribution in [3.8, 4) is 5.75 Å². The Morgan fingerprint density at radius 2 is 2.24 bits per heavy atom. The van der Waals surface area contributed by atoms with Gasteiger partial charge in [-0.3, -0.25) is 0 Å². The smallest absolute Gasteiger partial charge is 0.339 e. The molecule has 17 heavy (non-hydrogen) atoms. The van der Waals surface area contributed by atoms with Crippen molar-refractivity contribution in [2.24, 2.45) is 0 Å². The quantitative estimate of drug-likeness (QED) is 0.575. The summed E-state index contributed by atoms with van der Waals surface area (Å²) in [5.74, 6) is 0.505. The Labute approximate surface area is 99.3 Å². The minimum atomic E-state index is -0.248. The minimum Gasteiger partial charge on any atom is -0.488 e. The van der Waals surface area contributed by atoms with E-state index in [-0.39, 0.29) is 12.1 Å². The zero-order valence-corrected chi connectivity index (χ0v) is 9.31. The molecule has 86 valence electrons. The lowest BCUT2D eigenvalue weighted by Crippen LogP contribution is -2.17. The summed E-state index contributed by atoms with van der Waals surface area (Å²) in [6.45, 7) is 4.10. The van der Waals surface area contributed by atoms with Crippen molar-refractivity contribution < 1.29 is 14.3 Å². The topological polar surface area (TPSA) is 35.5 Å². The highest BCUT2D eigenvalue weighted by Crippen LogP contribution is 2.40. The number of hydrogen-bond donors (Lipinski definition) is 0. The summed E-state index contributed by atoms with van der Waals surface area (Å²) < 4.78 is 11.0. The van der Waals surface area contributed by atoms with Crippen LogP contribution in [-0.2, 0) is 9.53 Å². The summed E-state index contributed by atoms with van der Waals surface area (Å²) in [6, 6.07) is 7.55. The fourth-order valence-electron chi connectivity index (χ4n) is 2.30. The van der Waals surface area contributed by atoms with E-state index in [1.54, 1.807) is 6.08 Å². The SMILES string of the molecule is C=CC[C@@H]1OC(=O)C2=C1COc1ccccc12. The van der Waals surface area contributed by atoms with E-state index < -0.39 is 0 Å². The number of cyclic esters (lactones) is 1. The molecule has 1 aromatic carbocycles. The molecule has 0 fully saturated rings. The standard InChI is InChI=1S/C14H12O3/c1-2-5-12-10-8-16-11-7-4-3-6-9(11)13(10)14(15)17-12/h2-4,6-7,12H,1,5,8H2/t12-/m0/s1. The van der Waals surface area contributed by atoms with Gasteiger partial charge >= 0.3 is 5.97 Å². The molecule has 0 saturated heterocycles. The first-order valence-corrected chi connectivity index (χ1v) is 5.58. The summed E-state index contributed by atoms with van der Waals surface area (Å²) in [7, 11) is 0. The number of ether oxygens (including phenoxy) is 2. The first-order chi connectivity index (χ1) is 8.31. The van der Waals surface area contributed by atoms with Gasteiger partial charge in [-0.15, -0.1) is 6.58 Å². The second kappa shape index (κ2) is 3.77. The zero-order valence-electron chi connectivity index (χ0n) is 9.31. The van der Waals surface area contributed by atoms with Crippen LogP contribution in [0.2, 0.25) is 0 Å². The third-order valence-corrected chi connectivity index (χ3v) is 3.08. The van der Waals surface area contributed by atoms with Gasteiger partial charge in [0.15, 0.2) is 0 Å². The van der Waals surface area contributed by atoms with Crippen LogP contribution >= 0.6 is 0 Å². The molecule has 1 atom stereocenters. The summed E-state index contributed by atoms with van der Waals surface area (Å²) in [5, 5.41) is 0. The Balaban J connectivity index is 2.11. The van der Waals surface area contributed by atoms with Gasteiger partial charge in [0.05, 0.1) is 5.57 Å². The molecule has 0 N–H and O–H groups in total. The van der Waals surface area contributed by atoms with Crippen molar-refractivity contribution in [2.45, 2.75) is 12.5 Å². The normalized spacial score (nSPS) is 21.4. The molecule has 0 unspecified atom stereocenters. The van der Waals surface area contributed by atoms with E-state index in [1.165, 1.54) is 0 Å². The highest BCUT2D eigenvalue weighted by atomic mass is 16.6. The summed E-state index contributed by atoms with van der Waals surface area (Å²) in [4.78, 5) is 11.9. The van der Waals surface area contributed by atoms with Crippen LogP contribution in [0.4, 0.5) is 0 Å². The van der Waals surface area contributed by atoms with Crippen molar-refractivity contribution in [1.29, 1.82) is 0 Å². The van der Waals surface area contributed by atoms with E-state index in [2.05, 4.69) is 6.58 Å². The maximum absolute atomic E-state index is 11.9. The zero-order chi connectivity index (χ0) is 11.8. The molecule has 0 aliphatic carbocycles. The van der Waals surface area contributed by atoms with Gasteiger partial charge in [-0.05, 0) is 6.07 Å². The molecule has 2 aliphatic rings. The van der Waals surface area contributed by atoms with Crippen LogP contribution in [-0.4, -0.2) is 18.7 Å². The summed E-state index contributed by atoms with van der Waals surface area (Å²) in [5.41, 5.74) is 2.46. The molecule has 0 radical (unpaired) electrons. The molecule has 3 heteroatoms. The highest BCUT2D eigenvalue weighted by Gasteiger charge is 2.37. The summed E-state index contributed by atoms with van der Waals surface area (Å²) >= 11 is 0. The molecule has 0 amide bonds. The van der Waals surface area contributed by atoms with Crippen molar-refractivity contribution in [1.82, 2.24) is 0 Å². The number of esters is 1. The van der Waals surface area contributed by atoms with Crippen molar-refractivity contribution in [2.75, 3.05) is 6.61 Å². The number of para-hydroxylation sites is 1. The van der Waals surface area contributed by atoms with Crippen LogP contribution < -0.4 is 4.74 Å². The monoisotopic (exact) mass is 228 g/mol. The lowest BCUT2D eigenvalue weighted by molar-refractivity contribution is -0.137. The van der Waals surface area contributed by atoms with Crippen molar-refractivity contribution in [3.05, 3.63) is 48.1 Å². The number of rotatable bonds is 2. The molecular formula is C14H12O3. The first kappa shape index (κ1) is 10.1. The Morgan fingerprint density at radius 3 is 3.06 bits per heavy atom. The van der Waals surface area contributed by atoms with Crippen LogP contribution in [0.5, 0.6) is 5.75 Å². The van der Waals surface area contributed by atoms with E-state index in [0.717, 1.165) is 16.9 Å². The fraction of sp³-hybridized carbons (Fsp3) is 0.214. The van der Waals surface area contributed by atoms with E-state index in [0.29, 0.717) is 18.6 Å². The average molecular weight is 228 g/mol. The Bertz CT molecular complexity index is 528. The van der Waals surface area contributed by atoms with Crippen molar-refractivity contribution >= 4 is 11.5 Å². The molecule has 0 saturated carbocycles. The van der Waals surface area contributed by atoms with E-state index >= 15 is 0 Å². The summed E-state index contributed by atoms with van der Waals surface area (Å²) in [6.07, 6.45) is 2.19. The lowest BCUT2D eigenvalue weighted by Gasteiger charge is -2.19. The third kappa shape index (κ3) is 1.46. The Hall–Kier alpha value is -2.03. The average Bonchev–Trinajstić information content (AvgIpc) is 2.67. The molecule has 2 heterocycles. The Kier molecular flexibility index (Phi) is 2.25.